The zero-order valence-corrected chi connectivity index (χ0v) is 13.2. The number of hydrogen-bond donors (Lipinski definition) is 1. The molecule has 0 radical (unpaired) electrons. The summed E-state index contributed by atoms with van der Waals surface area (Å²) in [7, 11) is -3.89. The van der Waals surface area contributed by atoms with E-state index in [1.165, 1.54) is 16.4 Å². The summed E-state index contributed by atoms with van der Waals surface area (Å²) >= 11 is 3.09. The Hall–Kier alpha value is -0.500. The van der Waals surface area contributed by atoms with E-state index >= 15 is 0 Å². The van der Waals surface area contributed by atoms with Crippen LogP contribution in [-0.4, -0.2) is 37.0 Å². The third kappa shape index (κ3) is 3.98. The van der Waals surface area contributed by atoms with Crippen LogP contribution in [0, 0.1) is 5.82 Å². The van der Waals surface area contributed by atoms with Crippen molar-refractivity contribution in [2.24, 2.45) is 0 Å². The highest BCUT2D eigenvalue weighted by molar-refractivity contribution is 9.10. The zero-order valence-electron chi connectivity index (χ0n) is 10.8. The first-order valence-corrected chi connectivity index (χ1v) is 8.11. The summed E-state index contributed by atoms with van der Waals surface area (Å²) in [6.45, 7) is 3.48. The van der Waals surface area contributed by atoms with Gasteiger partial charge in [-0.3, -0.25) is 0 Å². The molecule has 0 fully saturated rings. The molecule has 0 heterocycles. The molecular weight excluding hydrogens is 337 g/mol. The molecule has 0 atom stereocenters. The molecule has 7 heteroatoms. The van der Waals surface area contributed by atoms with E-state index in [1.807, 2.05) is 0 Å². The van der Waals surface area contributed by atoms with Gasteiger partial charge in [-0.05, 0) is 38.5 Å². The number of aliphatic hydroxyl groups excluding tert-OH is 1. The van der Waals surface area contributed by atoms with Crippen molar-refractivity contribution in [1.82, 2.24) is 4.31 Å². The summed E-state index contributed by atoms with van der Waals surface area (Å²) in [4.78, 5) is -0.345. The smallest absolute Gasteiger partial charge is 0.246 e. The van der Waals surface area contributed by atoms with E-state index in [-0.39, 0.29) is 24.1 Å². The van der Waals surface area contributed by atoms with E-state index in [2.05, 4.69) is 15.9 Å². The second-order valence-electron chi connectivity index (χ2n) is 4.36. The molecule has 0 bridgehead atoms. The fourth-order valence-electron chi connectivity index (χ4n) is 1.69. The SMILES string of the molecule is CC(C)N(CCCO)S(=O)(=O)c1ccc(Br)cc1F. The molecule has 0 spiro atoms. The molecule has 19 heavy (non-hydrogen) atoms. The minimum atomic E-state index is -3.89. The fraction of sp³-hybridized carbons (Fsp3) is 0.500. The van der Waals surface area contributed by atoms with Crippen molar-refractivity contribution in [3.63, 3.8) is 0 Å². The third-order valence-corrected chi connectivity index (χ3v) is 5.19. The number of halogens is 2. The molecule has 0 saturated heterocycles. The lowest BCUT2D eigenvalue weighted by molar-refractivity contribution is 0.258. The average molecular weight is 354 g/mol. The van der Waals surface area contributed by atoms with Crippen molar-refractivity contribution in [1.29, 1.82) is 0 Å². The molecular formula is C12H17BrFNO3S. The molecule has 1 aromatic rings. The van der Waals surface area contributed by atoms with E-state index in [1.54, 1.807) is 13.8 Å². The molecule has 0 amide bonds. The monoisotopic (exact) mass is 353 g/mol. The van der Waals surface area contributed by atoms with Gasteiger partial charge in [0.15, 0.2) is 0 Å². The summed E-state index contributed by atoms with van der Waals surface area (Å²) in [5, 5.41) is 8.82. The summed E-state index contributed by atoms with van der Waals surface area (Å²) in [6.07, 6.45) is 0.315. The van der Waals surface area contributed by atoms with E-state index in [0.29, 0.717) is 10.9 Å². The molecule has 0 aliphatic carbocycles. The standard InChI is InChI=1S/C12H17BrFNO3S/c1-9(2)15(6-3-7-16)19(17,18)12-5-4-10(13)8-11(12)14/h4-5,8-9,16H,3,6-7H2,1-2H3. The van der Waals surface area contributed by atoms with E-state index in [9.17, 15) is 12.8 Å². The predicted molar refractivity (Wildman–Crippen MR) is 74.8 cm³/mol. The summed E-state index contributed by atoms with van der Waals surface area (Å²) < 4.78 is 40.3. The number of sulfonamides is 1. The van der Waals surface area contributed by atoms with E-state index < -0.39 is 15.8 Å². The predicted octanol–water partition coefficient (Wildman–Crippen LogP) is 2.37. The Bertz CT molecular complexity index is 534. The van der Waals surface area contributed by atoms with Crippen molar-refractivity contribution in [3.05, 3.63) is 28.5 Å². The second-order valence-corrected chi connectivity index (χ2v) is 7.14. The Kier molecular flexibility index (Phi) is 5.91. The highest BCUT2D eigenvalue weighted by atomic mass is 79.9. The third-order valence-electron chi connectivity index (χ3n) is 2.59. The highest BCUT2D eigenvalue weighted by Gasteiger charge is 2.29. The minimum absolute atomic E-state index is 0.110. The molecule has 108 valence electrons. The Morgan fingerprint density at radius 1 is 1.42 bits per heavy atom. The van der Waals surface area contributed by atoms with Crippen LogP contribution in [0.15, 0.2) is 27.6 Å². The lowest BCUT2D eigenvalue weighted by Crippen LogP contribution is -2.38. The van der Waals surface area contributed by atoms with Crippen LogP contribution in [0.25, 0.3) is 0 Å². The number of hydrogen-bond acceptors (Lipinski definition) is 3. The van der Waals surface area contributed by atoms with Crippen molar-refractivity contribution < 1.29 is 17.9 Å². The first-order chi connectivity index (χ1) is 8.80. The minimum Gasteiger partial charge on any atom is -0.396 e. The molecule has 1 N–H and O–H groups in total. The van der Waals surface area contributed by atoms with Gasteiger partial charge < -0.3 is 5.11 Å². The van der Waals surface area contributed by atoms with E-state index in [0.717, 1.165) is 6.07 Å². The van der Waals surface area contributed by atoms with Crippen LogP contribution in [-0.2, 0) is 10.0 Å². The maximum atomic E-state index is 13.8. The van der Waals surface area contributed by atoms with Crippen LogP contribution < -0.4 is 0 Å². The number of aliphatic hydroxyl groups is 1. The maximum Gasteiger partial charge on any atom is 0.246 e. The molecule has 0 aromatic heterocycles. The lowest BCUT2D eigenvalue weighted by Gasteiger charge is -2.25. The van der Waals surface area contributed by atoms with Crippen LogP contribution in [0.2, 0.25) is 0 Å². The molecule has 0 unspecified atom stereocenters. The Balaban J connectivity index is 3.19. The maximum absolute atomic E-state index is 13.8. The van der Waals surface area contributed by atoms with Gasteiger partial charge in [-0.1, -0.05) is 15.9 Å². The Morgan fingerprint density at radius 2 is 2.05 bits per heavy atom. The van der Waals surface area contributed by atoms with E-state index in [4.69, 9.17) is 5.11 Å². The van der Waals surface area contributed by atoms with Gasteiger partial charge in [0.05, 0.1) is 0 Å². The number of rotatable bonds is 6. The topological polar surface area (TPSA) is 57.6 Å². The summed E-state index contributed by atoms with van der Waals surface area (Å²) in [6, 6.07) is 3.54. The summed E-state index contributed by atoms with van der Waals surface area (Å²) in [5.74, 6) is -0.788. The first-order valence-electron chi connectivity index (χ1n) is 5.88. The van der Waals surface area contributed by atoms with Crippen molar-refractivity contribution in [2.45, 2.75) is 31.2 Å². The molecule has 0 aliphatic rings. The van der Waals surface area contributed by atoms with Crippen LogP contribution in [0.3, 0.4) is 0 Å². The van der Waals surface area contributed by atoms with Gasteiger partial charge in [0.25, 0.3) is 0 Å². The largest absolute Gasteiger partial charge is 0.396 e. The number of benzene rings is 1. The van der Waals surface area contributed by atoms with Gasteiger partial charge in [0.1, 0.15) is 10.7 Å². The zero-order chi connectivity index (χ0) is 14.6. The fourth-order valence-corrected chi connectivity index (χ4v) is 3.75. The van der Waals surface area contributed by atoms with Gasteiger partial charge >= 0.3 is 0 Å². The van der Waals surface area contributed by atoms with Crippen molar-refractivity contribution in [3.8, 4) is 0 Å². The van der Waals surface area contributed by atoms with Gasteiger partial charge in [0, 0.05) is 23.7 Å². The molecule has 4 nitrogen and oxygen atoms in total. The number of nitrogens with zero attached hydrogens (tertiary/aromatic N) is 1. The quantitative estimate of drug-likeness (QED) is 0.853. The molecule has 1 rings (SSSR count). The average Bonchev–Trinajstić information content (AvgIpc) is 2.27. The highest BCUT2D eigenvalue weighted by Crippen LogP contribution is 2.24. The van der Waals surface area contributed by atoms with Gasteiger partial charge in [-0.15, -0.1) is 0 Å². The van der Waals surface area contributed by atoms with Gasteiger partial charge in [0.2, 0.25) is 10.0 Å². The van der Waals surface area contributed by atoms with Gasteiger partial charge in [-0.2, -0.15) is 4.31 Å². The van der Waals surface area contributed by atoms with Crippen molar-refractivity contribution in [2.75, 3.05) is 13.2 Å². The Morgan fingerprint density at radius 3 is 2.53 bits per heavy atom. The lowest BCUT2D eigenvalue weighted by atomic mass is 10.3. The van der Waals surface area contributed by atoms with Crippen LogP contribution in [0.4, 0.5) is 4.39 Å². The second kappa shape index (κ2) is 6.78. The molecule has 1 aromatic carbocycles. The van der Waals surface area contributed by atoms with Gasteiger partial charge in [-0.25, -0.2) is 12.8 Å². The van der Waals surface area contributed by atoms with Crippen LogP contribution >= 0.6 is 15.9 Å². The first kappa shape index (κ1) is 16.6. The van der Waals surface area contributed by atoms with Crippen LogP contribution in [0.5, 0.6) is 0 Å². The Labute approximate surface area is 121 Å². The summed E-state index contributed by atoms with van der Waals surface area (Å²) in [5.41, 5.74) is 0. The normalized spacial score (nSPS) is 12.4. The molecule has 0 saturated carbocycles. The van der Waals surface area contributed by atoms with Crippen LogP contribution in [0.1, 0.15) is 20.3 Å². The molecule has 0 aliphatic heterocycles. The van der Waals surface area contributed by atoms with Crippen molar-refractivity contribution >= 4 is 26.0 Å².